The summed E-state index contributed by atoms with van der Waals surface area (Å²) in [5.41, 5.74) is 13.2. The molecule has 5 N–H and O–H groups in total. The van der Waals surface area contributed by atoms with Crippen LogP contribution in [0.1, 0.15) is 30.6 Å². The van der Waals surface area contributed by atoms with Crippen LogP contribution in [0.3, 0.4) is 0 Å². The third kappa shape index (κ3) is 1.96. The number of carbonyl (C=O) groups is 1. The first-order valence-electron chi connectivity index (χ1n) is 5.36. The number of hydrogen-bond donors (Lipinski definition) is 3. The second kappa shape index (κ2) is 3.40. The minimum Gasteiger partial charge on any atom is -0.399 e. The Bertz CT molecular complexity index is 440. The molecular weight excluding hydrogens is 202 g/mol. The summed E-state index contributed by atoms with van der Waals surface area (Å²) in [4.78, 5) is 11.2. The van der Waals surface area contributed by atoms with E-state index in [2.05, 4.69) is 19.2 Å². The zero-order chi connectivity index (χ0) is 11.9. The predicted octanol–water partition coefficient (Wildman–Crippen LogP) is 1.58. The van der Waals surface area contributed by atoms with E-state index >= 15 is 0 Å². The molecule has 2 rings (SSSR count). The van der Waals surface area contributed by atoms with Crippen LogP contribution in [0, 0.1) is 5.41 Å². The van der Waals surface area contributed by atoms with Crippen LogP contribution in [0.5, 0.6) is 0 Å². The van der Waals surface area contributed by atoms with Gasteiger partial charge in [0, 0.05) is 17.4 Å². The first-order valence-corrected chi connectivity index (χ1v) is 5.36. The number of hydrogen-bond acceptors (Lipinski definition) is 3. The van der Waals surface area contributed by atoms with E-state index in [1.54, 1.807) is 18.2 Å². The lowest BCUT2D eigenvalue weighted by atomic mass is 10.1. The number of nitrogens with two attached hydrogens (primary N) is 2. The molecule has 0 heterocycles. The largest absolute Gasteiger partial charge is 0.399 e. The SMILES string of the molecule is CC1(C)CC1Nc1cc(N)ccc1C(N)=O. The molecule has 1 saturated carbocycles. The molecule has 1 aromatic rings. The molecule has 4 heteroatoms. The van der Waals surface area contributed by atoms with Crippen molar-refractivity contribution in [3.05, 3.63) is 23.8 Å². The van der Waals surface area contributed by atoms with Gasteiger partial charge in [-0.25, -0.2) is 0 Å². The summed E-state index contributed by atoms with van der Waals surface area (Å²) in [6.07, 6.45) is 1.10. The van der Waals surface area contributed by atoms with E-state index in [0.29, 0.717) is 22.7 Å². The van der Waals surface area contributed by atoms with E-state index in [1.807, 2.05) is 0 Å². The second-order valence-electron chi connectivity index (χ2n) is 5.06. The lowest BCUT2D eigenvalue weighted by Gasteiger charge is -2.12. The number of nitrogen functional groups attached to an aromatic ring is 1. The molecule has 0 radical (unpaired) electrons. The first kappa shape index (κ1) is 10.8. The second-order valence-corrected chi connectivity index (χ2v) is 5.06. The lowest BCUT2D eigenvalue weighted by Crippen LogP contribution is -2.17. The number of rotatable bonds is 3. The van der Waals surface area contributed by atoms with E-state index < -0.39 is 5.91 Å². The normalized spacial score (nSPS) is 21.5. The van der Waals surface area contributed by atoms with Crippen LogP contribution in [0.25, 0.3) is 0 Å². The number of anilines is 2. The maximum absolute atomic E-state index is 11.2. The van der Waals surface area contributed by atoms with Gasteiger partial charge < -0.3 is 16.8 Å². The van der Waals surface area contributed by atoms with E-state index in [9.17, 15) is 4.79 Å². The summed E-state index contributed by atoms with van der Waals surface area (Å²) < 4.78 is 0. The van der Waals surface area contributed by atoms with E-state index in [4.69, 9.17) is 11.5 Å². The highest BCUT2D eigenvalue weighted by atomic mass is 16.1. The van der Waals surface area contributed by atoms with Crippen LogP contribution in [-0.4, -0.2) is 11.9 Å². The summed E-state index contributed by atoms with van der Waals surface area (Å²) in [6, 6.07) is 5.50. The van der Waals surface area contributed by atoms with Gasteiger partial charge in [0.15, 0.2) is 0 Å². The van der Waals surface area contributed by atoms with Crippen LogP contribution in [0.15, 0.2) is 18.2 Å². The van der Waals surface area contributed by atoms with Crippen LogP contribution < -0.4 is 16.8 Å². The maximum atomic E-state index is 11.2. The molecule has 0 aromatic heterocycles. The van der Waals surface area contributed by atoms with Crippen molar-refractivity contribution in [3.8, 4) is 0 Å². The Morgan fingerprint density at radius 1 is 1.50 bits per heavy atom. The maximum Gasteiger partial charge on any atom is 0.250 e. The number of nitrogens with one attached hydrogen (secondary N) is 1. The highest BCUT2D eigenvalue weighted by Crippen LogP contribution is 2.46. The van der Waals surface area contributed by atoms with Gasteiger partial charge in [0.25, 0.3) is 5.91 Å². The van der Waals surface area contributed by atoms with E-state index in [0.717, 1.165) is 12.1 Å². The molecule has 0 saturated heterocycles. The van der Waals surface area contributed by atoms with Gasteiger partial charge in [-0.3, -0.25) is 4.79 Å². The van der Waals surface area contributed by atoms with Crippen LogP contribution in [-0.2, 0) is 0 Å². The number of primary amides is 1. The predicted molar refractivity (Wildman–Crippen MR) is 65.2 cm³/mol. The molecule has 4 nitrogen and oxygen atoms in total. The van der Waals surface area contributed by atoms with Gasteiger partial charge in [-0.1, -0.05) is 13.8 Å². The molecule has 1 amide bonds. The smallest absolute Gasteiger partial charge is 0.250 e. The van der Waals surface area contributed by atoms with Gasteiger partial charge >= 0.3 is 0 Å². The van der Waals surface area contributed by atoms with Gasteiger partial charge in [-0.15, -0.1) is 0 Å². The Labute approximate surface area is 95.0 Å². The van der Waals surface area contributed by atoms with Crippen molar-refractivity contribution in [2.75, 3.05) is 11.1 Å². The lowest BCUT2D eigenvalue weighted by molar-refractivity contribution is 0.100. The van der Waals surface area contributed by atoms with Crippen molar-refractivity contribution in [1.29, 1.82) is 0 Å². The molecule has 86 valence electrons. The van der Waals surface area contributed by atoms with E-state index in [1.165, 1.54) is 0 Å². The fourth-order valence-corrected chi connectivity index (χ4v) is 1.80. The highest BCUT2D eigenvalue weighted by Gasteiger charge is 2.45. The number of amides is 1. The Morgan fingerprint density at radius 2 is 2.12 bits per heavy atom. The number of carbonyl (C=O) groups excluding carboxylic acids is 1. The Hall–Kier alpha value is -1.71. The molecule has 1 aromatic carbocycles. The van der Waals surface area contributed by atoms with Gasteiger partial charge in [0.1, 0.15) is 0 Å². The molecule has 0 spiro atoms. The number of benzene rings is 1. The highest BCUT2D eigenvalue weighted by molar-refractivity contribution is 5.99. The van der Waals surface area contributed by atoms with Gasteiger partial charge in [-0.05, 0) is 30.0 Å². The third-order valence-electron chi connectivity index (χ3n) is 3.15. The van der Waals surface area contributed by atoms with Crippen molar-refractivity contribution in [1.82, 2.24) is 0 Å². The van der Waals surface area contributed by atoms with Crippen molar-refractivity contribution < 1.29 is 4.79 Å². The zero-order valence-electron chi connectivity index (χ0n) is 9.58. The van der Waals surface area contributed by atoms with Crippen molar-refractivity contribution in [2.24, 2.45) is 11.1 Å². The van der Waals surface area contributed by atoms with Crippen molar-refractivity contribution >= 4 is 17.3 Å². The Balaban J connectivity index is 2.25. The average Bonchev–Trinajstić information content (AvgIpc) is 2.72. The molecule has 0 bridgehead atoms. The summed E-state index contributed by atoms with van der Waals surface area (Å²) in [5.74, 6) is -0.430. The summed E-state index contributed by atoms with van der Waals surface area (Å²) >= 11 is 0. The molecule has 1 atom stereocenters. The van der Waals surface area contributed by atoms with Crippen LogP contribution in [0.2, 0.25) is 0 Å². The summed E-state index contributed by atoms with van der Waals surface area (Å²) in [7, 11) is 0. The summed E-state index contributed by atoms with van der Waals surface area (Å²) in [5, 5.41) is 3.32. The molecule has 0 aliphatic heterocycles. The minimum atomic E-state index is -0.430. The monoisotopic (exact) mass is 219 g/mol. The molecule has 1 fully saturated rings. The van der Waals surface area contributed by atoms with Crippen molar-refractivity contribution in [2.45, 2.75) is 26.3 Å². The minimum absolute atomic E-state index is 0.291. The standard InChI is InChI=1S/C12H17N3O/c1-12(2)6-10(12)15-9-5-7(13)3-4-8(9)11(14)16/h3-5,10,15H,6,13H2,1-2H3,(H2,14,16). The Kier molecular flexibility index (Phi) is 2.30. The zero-order valence-corrected chi connectivity index (χ0v) is 9.58. The summed E-state index contributed by atoms with van der Waals surface area (Å²) in [6.45, 7) is 4.36. The quantitative estimate of drug-likeness (QED) is 0.675. The third-order valence-corrected chi connectivity index (χ3v) is 3.15. The van der Waals surface area contributed by atoms with Crippen molar-refractivity contribution in [3.63, 3.8) is 0 Å². The first-order chi connectivity index (χ1) is 7.40. The molecule has 1 unspecified atom stereocenters. The van der Waals surface area contributed by atoms with Gasteiger partial charge in [0.2, 0.25) is 0 Å². The molecule has 1 aliphatic carbocycles. The average molecular weight is 219 g/mol. The fourth-order valence-electron chi connectivity index (χ4n) is 1.80. The fraction of sp³-hybridized carbons (Fsp3) is 0.417. The topological polar surface area (TPSA) is 81.1 Å². The molecule has 1 aliphatic rings. The molecular formula is C12H17N3O. The van der Waals surface area contributed by atoms with Gasteiger partial charge in [0.05, 0.1) is 5.56 Å². The molecule has 16 heavy (non-hydrogen) atoms. The van der Waals surface area contributed by atoms with Crippen LogP contribution >= 0.6 is 0 Å². The van der Waals surface area contributed by atoms with E-state index in [-0.39, 0.29) is 0 Å². The van der Waals surface area contributed by atoms with Crippen LogP contribution in [0.4, 0.5) is 11.4 Å². The Morgan fingerprint density at radius 3 is 2.62 bits per heavy atom. The van der Waals surface area contributed by atoms with Gasteiger partial charge in [-0.2, -0.15) is 0 Å².